The van der Waals surface area contributed by atoms with Crippen LogP contribution in [0.5, 0.6) is 11.5 Å². The Morgan fingerprint density at radius 1 is 0.986 bits per heavy atom. The molecule has 7 fully saturated rings. The normalized spacial score (nSPS) is 39.3. The van der Waals surface area contributed by atoms with Crippen LogP contribution in [0, 0.1) is 69.5 Å². The number of aliphatic hydroxyl groups excluding tert-OH is 3. The number of esters is 2. The minimum atomic E-state index is -1.18. The lowest BCUT2D eigenvalue weighted by atomic mass is 9.50. The third kappa shape index (κ3) is 8.57. The summed E-state index contributed by atoms with van der Waals surface area (Å²) in [6.45, 7) is 5.45. The molecule has 0 unspecified atom stereocenters. The van der Waals surface area contributed by atoms with Crippen molar-refractivity contribution in [3.63, 3.8) is 0 Å². The van der Waals surface area contributed by atoms with Gasteiger partial charge in [0.25, 0.3) is 0 Å². The van der Waals surface area contributed by atoms with Crippen LogP contribution in [0.2, 0.25) is 0 Å². The van der Waals surface area contributed by atoms with Crippen molar-refractivity contribution in [3.8, 4) is 23.3 Å². The average molecular weight is 970 g/mol. The van der Waals surface area contributed by atoms with Crippen LogP contribution in [0.1, 0.15) is 172 Å². The summed E-state index contributed by atoms with van der Waals surface area (Å²) in [7, 11) is 1.82. The Labute approximate surface area is 416 Å². The lowest BCUT2D eigenvalue weighted by Crippen LogP contribution is -2.69. The number of ether oxygens (including phenoxy) is 3. The molecular formula is C57H83N3O10. The van der Waals surface area contributed by atoms with Gasteiger partial charge in [0, 0.05) is 72.5 Å². The molecule has 0 radical (unpaired) electrons. The molecule has 2 bridgehead atoms. The Kier molecular flexibility index (Phi) is 14.4. The first-order valence-corrected chi connectivity index (χ1v) is 27.8. The first-order valence-electron chi connectivity index (χ1n) is 27.8. The van der Waals surface area contributed by atoms with E-state index in [0.717, 1.165) is 75.3 Å². The number of aromatic hydroxyl groups is 1. The zero-order valence-corrected chi connectivity index (χ0v) is 42.3. The molecule has 7 N–H and O–H groups in total. The SMILES string of the molecule is CNC[C@H](O)CC[C@H]1[C@@H](C[C@H](C)O)CC#C[C@@H]2C[C@@H]3c4c(ccc(O)c4OC[C@H]3C3(CO)CCCC3)[C@H]2C2(CCNCC2)[C@@H]2OC(=O)[C@]34CCCC[C@H]3C[C@@]3(CCC[C@H]3CC[C@@H]2[C@@H]1OC(C)=O)C(=O)N4. The number of likely N-dealkylation sites (N-methyl/N-ethyl adjacent to an activating group) is 1. The number of rotatable bonds is 10. The van der Waals surface area contributed by atoms with Gasteiger partial charge in [0.05, 0.1) is 24.2 Å². The quantitative estimate of drug-likeness (QED) is 0.0963. The topological polar surface area (TPSA) is 196 Å². The van der Waals surface area contributed by atoms with Crippen molar-refractivity contribution in [3.05, 3.63) is 23.3 Å². The zero-order chi connectivity index (χ0) is 49.0. The van der Waals surface area contributed by atoms with E-state index in [9.17, 15) is 30.0 Å². The highest BCUT2D eigenvalue weighted by Crippen LogP contribution is 2.66. The van der Waals surface area contributed by atoms with E-state index in [1.807, 2.05) is 7.05 Å². The smallest absolute Gasteiger partial charge is 0.332 e. The Hall–Kier alpha value is -3.41. The lowest BCUT2D eigenvalue weighted by molar-refractivity contribution is -0.195. The van der Waals surface area contributed by atoms with E-state index >= 15 is 4.79 Å². The number of phenols is 1. The summed E-state index contributed by atoms with van der Waals surface area (Å²) >= 11 is 0. The van der Waals surface area contributed by atoms with Gasteiger partial charge in [-0.1, -0.05) is 44.1 Å². The molecule has 5 heterocycles. The van der Waals surface area contributed by atoms with Crippen LogP contribution in [0.4, 0.5) is 0 Å². The number of fused-ring (bicyclic) bond motifs is 6. The summed E-state index contributed by atoms with van der Waals surface area (Å²) in [5.41, 5.74) is -0.797. The molecule has 0 aromatic heterocycles. The number of carbonyl (C=O) groups is 3. The number of hydrogen-bond acceptors (Lipinski definition) is 12. The summed E-state index contributed by atoms with van der Waals surface area (Å²) in [4.78, 5) is 45.0. The number of hydrogen-bond donors (Lipinski definition) is 7. The van der Waals surface area contributed by atoms with Crippen molar-refractivity contribution in [1.82, 2.24) is 16.0 Å². The molecule has 1 aromatic carbocycles. The molecule has 11 rings (SSSR count). The van der Waals surface area contributed by atoms with Gasteiger partial charge < -0.3 is 50.6 Å². The van der Waals surface area contributed by atoms with Gasteiger partial charge >= 0.3 is 11.9 Å². The van der Waals surface area contributed by atoms with Gasteiger partial charge in [0.1, 0.15) is 17.7 Å². The van der Waals surface area contributed by atoms with Crippen LogP contribution < -0.4 is 20.7 Å². The van der Waals surface area contributed by atoms with Gasteiger partial charge in [-0.3, -0.25) is 9.59 Å². The number of amides is 1. The second kappa shape index (κ2) is 20.1. The number of benzene rings is 1. The van der Waals surface area contributed by atoms with E-state index in [-0.39, 0.29) is 77.0 Å². The standard InChI is InChI=1S/C57H83N3O10/c1-34(62)28-36-10-8-11-37-29-44-45(54(33-61)20-6-7-21-54)32-68-50-46(65)19-18-42(47(44)50)48(37)55(24-26-59-27-25-55)51-43(49(69-35(2)63)41(36)17-15-40(64)31-58-3)16-14-38-13-9-22-56(38)30-39-12-4-5-23-57(39,53(67)70-51)60-52(56)66/h18-19,34,36-41,43-45,48-49,51,58-59,61-62,64-65H,4-7,9-10,12-17,20-33H2,1-3H3,(H,60,66)/t34-,36+,37+,38-,39-,40+,41-,43+,44-,45+,48-,49+,51+,56+,57-/m0/s1. The molecule has 15 atom stereocenters. The second-order valence-corrected chi connectivity index (χ2v) is 24.3. The van der Waals surface area contributed by atoms with Gasteiger partial charge in [-0.05, 0) is 159 Å². The van der Waals surface area contributed by atoms with Gasteiger partial charge in [0.2, 0.25) is 5.91 Å². The van der Waals surface area contributed by atoms with Gasteiger partial charge in [-0.15, -0.1) is 5.92 Å². The highest BCUT2D eigenvalue weighted by Gasteiger charge is 2.66. The fourth-order valence-electron chi connectivity index (χ4n) is 17.6. The predicted octanol–water partition coefficient (Wildman–Crippen LogP) is 6.77. The Morgan fingerprint density at radius 2 is 1.76 bits per heavy atom. The van der Waals surface area contributed by atoms with Crippen LogP contribution >= 0.6 is 0 Å². The summed E-state index contributed by atoms with van der Waals surface area (Å²) in [5.74, 6) is 5.88. The third-order valence-corrected chi connectivity index (χ3v) is 20.7. The van der Waals surface area contributed by atoms with Crippen LogP contribution in [0.3, 0.4) is 0 Å². The second-order valence-electron chi connectivity index (χ2n) is 24.3. The molecule has 70 heavy (non-hydrogen) atoms. The molecule has 10 aliphatic rings. The molecule has 5 aliphatic carbocycles. The zero-order valence-electron chi connectivity index (χ0n) is 42.3. The fraction of sp³-hybridized carbons (Fsp3) is 0.807. The molecule has 13 heteroatoms. The van der Waals surface area contributed by atoms with Crippen molar-refractivity contribution in [2.45, 2.75) is 190 Å². The van der Waals surface area contributed by atoms with E-state index in [1.54, 1.807) is 13.0 Å². The predicted molar refractivity (Wildman–Crippen MR) is 263 cm³/mol. The number of piperidine rings is 2. The van der Waals surface area contributed by atoms with E-state index in [1.165, 1.54) is 6.92 Å². The van der Waals surface area contributed by atoms with Crippen molar-refractivity contribution < 1.29 is 49.0 Å². The van der Waals surface area contributed by atoms with Crippen molar-refractivity contribution in [2.75, 3.05) is 39.9 Å². The van der Waals surface area contributed by atoms with Gasteiger partial charge in [-0.2, -0.15) is 0 Å². The molecule has 1 aromatic rings. The monoisotopic (exact) mass is 970 g/mol. The minimum absolute atomic E-state index is 0.00198. The van der Waals surface area contributed by atoms with Crippen LogP contribution in [-0.4, -0.2) is 108 Å². The Balaban J connectivity index is 1.23. The molecule has 3 saturated carbocycles. The van der Waals surface area contributed by atoms with Crippen LogP contribution in [0.25, 0.3) is 0 Å². The van der Waals surface area contributed by atoms with Crippen LogP contribution in [-0.2, 0) is 23.9 Å². The number of phenolic OH excluding ortho intramolecular Hbond substituents is 1. The van der Waals surface area contributed by atoms with E-state index < -0.39 is 52.7 Å². The van der Waals surface area contributed by atoms with Crippen molar-refractivity contribution in [1.29, 1.82) is 0 Å². The van der Waals surface area contributed by atoms with E-state index in [4.69, 9.17) is 14.2 Å². The van der Waals surface area contributed by atoms with Crippen molar-refractivity contribution >= 4 is 17.8 Å². The molecule has 13 nitrogen and oxygen atoms in total. The van der Waals surface area contributed by atoms with E-state index in [2.05, 4.69) is 33.9 Å². The van der Waals surface area contributed by atoms with Crippen molar-refractivity contribution in [2.24, 2.45) is 57.7 Å². The number of nitrogens with one attached hydrogen (secondary N) is 3. The lowest BCUT2D eigenvalue weighted by Gasteiger charge is -2.57. The maximum absolute atomic E-state index is 16.1. The first kappa shape index (κ1) is 50.1. The largest absolute Gasteiger partial charge is 0.504 e. The van der Waals surface area contributed by atoms with Gasteiger partial charge in [-0.25, -0.2) is 4.79 Å². The summed E-state index contributed by atoms with van der Waals surface area (Å²) in [5, 5.41) is 56.1. The number of aliphatic hydroxyl groups is 3. The Morgan fingerprint density at radius 3 is 2.50 bits per heavy atom. The fourth-order valence-corrected chi connectivity index (χ4v) is 17.6. The summed E-state index contributed by atoms with van der Waals surface area (Å²) < 4.78 is 21.2. The third-order valence-electron chi connectivity index (χ3n) is 20.7. The molecule has 3 spiro atoms. The molecule has 1 amide bonds. The average Bonchev–Trinajstić information content (AvgIpc) is 3.99. The van der Waals surface area contributed by atoms with Gasteiger partial charge in [0.15, 0.2) is 11.5 Å². The molecular weight excluding hydrogens is 887 g/mol. The van der Waals surface area contributed by atoms with Crippen LogP contribution in [0.15, 0.2) is 12.1 Å². The van der Waals surface area contributed by atoms with E-state index in [0.29, 0.717) is 103 Å². The first-order chi connectivity index (χ1) is 33.8. The molecule has 386 valence electrons. The highest BCUT2D eigenvalue weighted by atomic mass is 16.6. The minimum Gasteiger partial charge on any atom is -0.504 e. The summed E-state index contributed by atoms with van der Waals surface area (Å²) in [6, 6.07) is 3.86. The maximum Gasteiger partial charge on any atom is 0.332 e. The Bertz CT molecular complexity index is 2160. The number of carbonyl (C=O) groups excluding carboxylic acids is 3. The highest BCUT2D eigenvalue weighted by molar-refractivity contribution is 5.93. The summed E-state index contributed by atoms with van der Waals surface area (Å²) in [6.07, 6.45) is 12.5. The molecule has 5 aliphatic heterocycles. The molecule has 4 saturated heterocycles. The maximum atomic E-state index is 16.1.